The molecule has 2 fully saturated rings. The van der Waals surface area contributed by atoms with E-state index >= 15 is 0 Å². The van der Waals surface area contributed by atoms with Gasteiger partial charge in [0.1, 0.15) is 5.69 Å². The number of hydrogen-bond donors (Lipinski definition) is 1. The number of H-pyrrole nitrogens is 1. The van der Waals surface area contributed by atoms with E-state index in [1.165, 1.54) is 18.3 Å². The Bertz CT molecular complexity index is 895. The highest BCUT2D eigenvalue weighted by Crippen LogP contribution is 2.32. The number of amides is 2. The van der Waals surface area contributed by atoms with Crippen molar-refractivity contribution in [1.29, 1.82) is 0 Å². The molecule has 2 aliphatic rings. The third-order valence-corrected chi connectivity index (χ3v) is 5.44. The zero-order valence-corrected chi connectivity index (χ0v) is 15.8. The number of benzene rings is 1. The van der Waals surface area contributed by atoms with Crippen LogP contribution in [0.5, 0.6) is 0 Å². The molecule has 1 N–H and O–H groups in total. The molecule has 2 aromatic rings. The number of hydrogen-bond acceptors (Lipinski definition) is 2. The predicted molar refractivity (Wildman–Crippen MR) is 100 cm³/mol. The van der Waals surface area contributed by atoms with Gasteiger partial charge in [-0.15, -0.1) is 0 Å². The Morgan fingerprint density at radius 1 is 1.10 bits per heavy atom. The van der Waals surface area contributed by atoms with E-state index in [-0.39, 0.29) is 24.4 Å². The van der Waals surface area contributed by atoms with Gasteiger partial charge in [-0.25, -0.2) is 0 Å². The molecule has 1 aliphatic carbocycles. The molecule has 1 aromatic carbocycles. The molecule has 2 heterocycles. The van der Waals surface area contributed by atoms with Crippen LogP contribution in [-0.4, -0.2) is 45.7 Å². The summed E-state index contributed by atoms with van der Waals surface area (Å²) < 4.78 is 38.3. The Morgan fingerprint density at radius 2 is 1.76 bits per heavy atom. The van der Waals surface area contributed by atoms with E-state index in [4.69, 9.17) is 0 Å². The lowest BCUT2D eigenvalue weighted by molar-refractivity contribution is -0.137. The summed E-state index contributed by atoms with van der Waals surface area (Å²) >= 11 is 0. The third-order valence-electron chi connectivity index (χ3n) is 5.44. The molecule has 0 unspecified atom stereocenters. The van der Waals surface area contributed by atoms with Gasteiger partial charge in [0.2, 0.25) is 0 Å². The second-order valence-electron chi connectivity index (χ2n) is 7.66. The first-order valence-electron chi connectivity index (χ1n) is 9.78. The molecular weight excluding hydrogens is 383 g/mol. The molecule has 5 nitrogen and oxygen atoms in total. The molecule has 0 bridgehead atoms. The number of aromatic nitrogens is 1. The predicted octanol–water partition coefficient (Wildman–Crippen LogP) is 4.07. The van der Waals surface area contributed by atoms with Crippen molar-refractivity contribution in [2.24, 2.45) is 0 Å². The van der Waals surface area contributed by atoms with E-state index in [1.54, 1.807) is 15.9 Å². The number of carbonyl (C=O) groups excluding carboxylic acids is 2. The van der Waals surface area contributed by atoms with Crippen molar-refractivity contribution in [3.8, 4) is 0 Å². The zero-order chi connectivity index (χ0) is 20.6. The van der Waals surface area contributed by atoms with Crippen molar-refractivity contribution in [1.82, 2.24) is 14.8 Å². The summed E-state index contributed by atoms with van der Waals surface area (Å²) in [5, 5.41) is 0. The van der Waals surface area contributed by atoms with Gasteiger partial charge in [-0.2, -0.15) is 13.2 Å². The topological polar surface area (TPSA) is 56.4 Å². The molecule has 4 rings (SSSR count). The first-order chi connectivity index (χ1) is 13.8. The first-order valence-corrected chi connectivity index (χ1v) is 9.78. The summed E-state index contributed by atoms with van der Waals surface area (Å²) in [4.78, 5) is 31.8. The van der Waals surface area contributed by atoms with Crippen LogP contribution in [0.3, 0.4) is 0 Å². The fourth-order valence-corrected chi connectivity index (χ4v) is 3.65. The second kappa shape index (κ2) is 7.57. The fourth-order valence-electron chi connectivity index (χ4n) is 3.65. The fraction of sp³-hybridized carbons (Fsp3) is 0.429. The molecule has 29 heavy (non-hydrogen) atoms. The van der Waals surface area contributed by atoms with Crippen molar-refractivity contribution in [2.75, 3.05) is 13.1 Å². The highest BCUT2D eigenvalue weighted by molar-refractivity contribution is 5.99. The number of nitrogens with zero attached hydrogens (tertiary/aromatic N) is 2. The minimum Gasteiger partial charge on any atom is -0.356 e. The molecule has 2 amide bonds. The van der Waals surface area contributed by atoms with Crippen LogP contribution in [0, 0.1) is 0 Å². The van der Waals surface area contributed by atoms with Crippen LogP contribution in [0.15, 0.2) is 36.5 Å². The van der Waals surface area contributed by atoms with E-state index in [1.807, 2.05) is 0 Å². The lowest BCUT2D eigenvalue weighted by Crippen LogP contribution is -2.32. The Labute approximate surface area is 166 Å². The van der Waals surface area contributed by atoms with E-state index < -0.39 is 11.7 Å². The molecule has 0 radical (unpaired) electrons. The molecule has 1 saturated heterocycles. The van der Waals surface area contributed by atoms with E-state index in [9.17, 15) is 22.8 Å². The van der Waals surface area contributed by atoms with Crippen molar-refractivity contribution in [3.05, 3.63) is 58.9 Å². The molecular formula is C21H22F3N3O2. The Balaban J connectivity index is 1.48. The summed E-state index contributed by atoms with van der Waals surface area (Å²) in [5.41, 5.74) is 0.718. The summed E-state index contributed by atoms with van der Waals surface area (Å²) in [6.07, 6.45) is 0.871. The van der Waals surface area contributed by atoms with Gasteiger partial charge in [-0.05, 0) is 49.4 Å². The average molecular weight is 405 g/mol. The van der Waals surface area contributed by atoms with Gasteiger partial charge in [0, 0.05) is 31.9 Å². The number of halogens is 3. The van der Waals surface area contributed by atoms with Gasteiger partial charge in [0.05, 0.1) is 11.1 Å². The Hall–Kier alpha value is -2.77. The average Bonchev–Trinajstić information content (AvgIpc) is 3.19. The van der Waals surface area contributed by atoms with Crippen LogP contribution in [0.1, 0.15) is 57.7 Å². The quantitative estimate of drug-likeness (QED) is 0.815. The van der Waals surface area contributed by atoms with Crippen LogP contribution in [-0.2, 0) is 12.7 Å². The lowest BCUT2D eigenvalue weighted by atomic mass is 10.1. The van der Waals surface area contributed by atoms with Crippen molar-refractivity contribution in [3.63, 3.8) is 0 Å². The second-order valence-corrected chi connectivity index (χ2v) is 7.66. The van der Waals surface area contributed by atoms with E-state index in [0.29, 0.717) is 16.8 Å². The SMILES string of the molecule is O=C(c1cc(C(=O)N(Cc2ccc(C(F)(F)F)cc2)C2CC2)c[nH]1)N1CCCC1. The van der Waals surface area contributed by atoms with Gasteiger partial charge < -0.3 is 14.8 Å². The minimum absolute atomic E-state index is 0.0810. The monoisotopic (exact) mass is 405 g/mol. The summed E-state index contributed by atoms with van der Waals surface area (Å²) in [6.45, 7) is 1.69. The molecule has 1 saturated carbocycles. The standard InChI is InChI=1S/C21H22F3N3O2/c22-21(23,24)16-5-3-14(4-6-16)13-27(17-7-8-17)19(28)15-11-18(25-12-15)20(29)26-9-1-2-10-26/h3-6,11-12,17,25H,1-2,7-10,13H2. The van der Waals surface area contributed by atoms with Gasteiger partial charge in [-0.1, -0.05) is 12.1 Å². The Kier molecular flexibility index (Phi) is 5.10. The van der Waals surface area contributed by atoms with Crippen LogP contribution in [0.2, 0.25) is 0 Å². The smallest absolute Gasteiger partial charge is 0.356 e. The number of carbonyl (C=O) groups is 2. The number of aromatic amines is 1. The molecule has 0 atom stereocenters. The van der Waals surface area contributed by atoms with Crippen molar-refractivity contribution in [2.45, 2.75) is 44.4 Å². The van der Waals surface area contributed by atoms with Crippen LogP contribution >= 0.6 is 0 Å². The molecule has 1 aromatic heterocycles. The maximum atomic E-state index is 13.0. The minimum atomic E-state index is -4.38. The van der Waals surface area contributed by atoms with E-state index in [0.717, 1.165) is 50.9 Å². The van der Waals surface area contributed by atoms with Crippen LogP contribution in [0.4, 0.5) is 13.2 Å². The molecule has 8 heteroatoms. The van der Waals surface area contributed by atoms with E-state index in [2.05, 4.69) is 4.98 Å². The number of rotatable bonds is 5. The number of alkyl halides is 3. The largest absolute Gasteiger partial charge is 0.416 e. The number of nitrogens with one attached hydrogen (secondary N) is 1. The Morgan fingerprint density at radius 3 is 2.34 bits per heavy atom. The third kappa shape index (κ3) is 4.31. The molecule has 0 spiro atoms. The maximum Gasteiger partial charge on any atom is 0.416 e. The van der Waals surface area contributed by atoms with Gasteiger partial charge in [0.25, 0.3) is 11.8 Å². The van der Waals surface area contributed by atoms with Crippen LogP contribution < -0.4 is 0 Å². The van der Waals surface area contributed by atoms with Crippen molar-refractivity contribution < 1.29 is 22.8 Å². The summed E-state index contributed by atoms with van der Waals surface area (Å²) in [5.74, 6) is -0.327. The van der Waals surface area contributed by atoms with Gasteiger partial charge in [-0.3, -0.25) is 9.59 Å². The maximum absolute atomic E-state index is 13.0. The van der Waals surface area contributed by atoms with Gasteiger partial charge in [0.15, 0.2) is 0 Å². The van der Waals surface area contributed by atoms with Crippen molar-refractivity contribution >= 4 is 11.8 Å². The summed E-state index contributed by atoms with van der Waals surface area (Å²) in [6, 6.07) is 6.54. The first kappa shape index (κ1) is 19.5. The molecule has 154 valence electrons. The molecule has 1 aliphatic heterocycles. The highest BCUT2D eigenvalue weighted by atomic mass is 19.4. The highest BCUT2D eigenvalue weighted by Gasteiger charge is 2.34. The normalized spacial score (nSPS) is 16.9. The summed E-state index contributed by atoms with van der Waals surface area (Å²) in [7, 11) is 0. The van der Waals surface area contributed by atoms with Gasteiger partial charge >= 0.3 is 6.18 Å². The number of likely N-dealkylation sites (tertiary alicyclic amines) is 1. The zero-order valence-electron chi connectivity index (χ0n) is 15.8. The lowest BCUT2D eigenvalue weighted by Gasteiger charge is -2.22. The van der Waals surface area contributed by atoms with Crippen LogP contribution in [0.25, 0.3) is 0 Å².